The van der Waals surface area contributed by atoms with E-state index in [4.69, 9.17) is 4.74 Å². The summed E-state index contributed by atoms with van der Waals surface area (Å²) in [6, 6.07) is 14.5. The fourth-order valence-corrected chi connectivity index (χ4v) is 4.01. The van der Waals surface area contributed by atoms with Crippen LogP contribution in [-0.4, -0.2) is 42.0 Å². The van der Waals surface area contributed by atoms with E-state index in [1.54, 1.807) is 12.1 Å². The Labute approximate surface area is 173 Å². The molecule has 1 saturated heterocycles. The van der Waals surface area contributed by atoms with Crippen LogP contribution in [0.1, 0.15) is 17.2 Å². The number of rotatable bonds is 5. The Morgan fingerprint density at radius 2 is 2.00 bits per heavy atom. The van der Waals surface area contributed by atoms with E-state index in [0.717, 1.165) is 16.8 Å². The maximum atomic E-state index is 13.1. The standard InChI is InChI=1S/C22H22FN3O2S/c1-15-2-4-16(5-3-15)19-14-29-22(24-19)25-21(27)13-26-10-11-28-20(12-26)17-6-8-18(23)9-7-17/h2-9,14,20H,10-13H2,1H3,(H,24,25,27). The second kappa shape index (κ2) is 8.82. The lowest BCUT2D eigenvalue weighted by Crippen LogP contribution is -2.42. The highest BCUT2D eigenvalue weighted by Gasteiger charge is 2.23. The number of carbonyl (C=O) groups excluding carboxylic acids is 1. The number of aromatic nitrogens is 1. The van der Waals surface area contributed by atoms with Crippen molar-refractivity contribution < 1.29 is 13.9 Å². The second-order valence-electron chi connectivity index (χ2n) is 7.10. The van der Waals surface area contributed by atoms with Gasteiger partial charge in [0.15, 0.2) is 5.13 Å². The summed E-state index contributed by atoms with van der Waals surface area (Å²) in [5.74, 6) is -0.371. The molecule has 1 aromatic heterocycles. The minimum absolute atomic E-state index is 0.102. The average molecular weight is 412 g/mol. The van der Waals surface area contributed by atoms with Crippen LogP contribution in [0.5, 0.6) is 0 Å². The third kappa shape index (κ3) is 5.06. The molecule has 1 fully saturated rings. The van der Waals surface area contributed by atoms with Gasteiger partial charge in [-0.25, -0.2) is 9.37 Å². The van der Waals surface area contributed by atoms with Gasteiger partial charge in [-0.15, -0.1) is 11.3 Å². The lowest BCUT2D eigenvalue weighted by Gasteiger charge is -2.32. The number of thiazole rings is 1. The zero-order chi connectivity index (χ0) is 20.2. The number of amides is 1. The van der Waals surface area contributed by atoms with Gasteiger partial charge in [0.2, 0.25) is 5.91 Å². The number of aryl methyl sites for hydroxylation is 1. The molecule has 3 aromatic rings. The van der Waals surface area contributed by atoms with E-state index in [9.17, 15) is 9.18 Å². The van der Waals surface area contributed by atoms with Crippen molar-refractivity contribution >= 4 is 22.4 Å². The highest BCUT2D eigenvalue weighted by Crippen LogP contribution is 2.26. The van der Waals surface area contributed by atoms with Crippen LogP contribution in [0.25, 0.3) is 11.3 Å². The van der Waals surface area contributed by atoms with Gasteiger partial charge >= 0.3 is 0 Å². The molecular formula is C22H22FN3O2S. The van der Waals surface area contributed by atoms with Crippen LogP contribution in [0, 0.1) is 12.7 Å². The number of benzene rings is 2. The molecule has 2 heterocycles. The van der Waals surface area contributed by atoms with Gasteiger partial charge in [-0.1, -0.05) is 42.0 Å². The van der Waals surface area contributed by atoms with Crippen molar-refractivity contribution in [3.05, 3.63) is 70.9 Å². The summed E-state index contributed by atoms with van der Waals surface area (Å²) < 4.78 is 18.9. The van der Waals surface area contributed by atoms with Crippen molar-refractivity contribution in [2.24, 2.45) is 0 Å². The van der Waals surface area contributed by atoms with E-state index < -0.39 is 0 Å². The van der Waals surface area contributed by atoms with E-state index in [-0.39, 0.29) is 24.4 Å². The second-order valence-corrected chi connectivity index (χ2v) is 7.96. The largest absolute Gasteiger partial charge is 0.371 e. The molecule has 1 unspecified atom stereocenters. The summed E-state index contributed by atoms with van der Waals surface area (Å²) in [6.45, 7) is 4.11. The van der Waals surface area contributed by atoms with E-state index in [0.29, 0.717) is 24.8 Å². The van der Waals surface area contributed by atoms with E-state index in [1.165, 1.54) is 29.0 Å². The maximum absolute atomic E-state index is 13.1. The first kappa shape index (κ1) is 19.7. The first-order valence-electron chi connectivity index (χ1n) is 9.49. The SMILES string of the molecule is Cc1ccc(-c2csc(NC(=O)CN3CCOC(c4ccc(F)cc4)C3)n2)cc1. The highest BCUT2D eigenvalue weighted by atomic mass is 32.1. The molecule has 0 saturated carbocycles. The Kier molecular flexibility index (Phi) is 5.99. The first-order valence-corrected chi connectivity index (χ1v) is 10.4. The fraction of sp³-hybridized carbons (Fsp3) is 0.273. The Bertz CT molecular complexity index is 972. The molecule has 1 aliphatic heterocycles. The third-order valence-corrected chi connectivity index (χ3v) is 5.62. The molecule has 1 atom stereocenters. The van der Waals surface area contributed by atoms with Gasteiger partial charge in [0.1, 0.15) is 5.82 Å². The number of ether oxygens (including phenoxy) is 1. The third-order valence-electron chi connectivity index (χ3n) is 4.86. The van der Waals surface area contributed by atoms with Gasteiger partial charge in [-0.2, -0.15) is 0 Å². The van der Waals surface area contributed by atoms with Crippen LogP contribution in [0.4, 0.5) is 9.52 Å². The molecular weight excluding hydrogens is 389 g/mol. The Morgan fingerprint density at radius 3 is 2.76 bits per heavy atom. The summed E-state index contributed by atoms with van der Waals surface area (Å²) >= 11 is 1.42. The van der Waals surface area contributed by atoms with Crippen LogP contribution < -0.4 is 5.32 Å². The summed E-state index contributed by atoms with van der Waals surface area (Å²) in [4.78, 5) is 19.0. The normalized spacial score (nSPS) is 17.2. The van der Waals surface area contributed by atoms with Crippen LogP contribution in [0.2, 0.25) is 0 Å². The molecule has 150 valence electrons. The monoisotopic (exact) mass is 411 g/mol. The Morgan fingerprint density at radius 1 is 1.24 bits per heavy atom. The topological polar surface area (TPSA) is 54.5 Å². The van der Waals surface area contributed by atoms with Crippen molar-refractivity contribution in [1.82, 2.24) is 9.88 Å². The fourth-order valence-electron chi connectivity index (χ4n) is 3.28. The number of hydrogen-bond acceptors (Lipinski definition) is 5. The molecule has 7 heteroatoms. The summed E-state index contributed by atoms with van der Waals surface area (Å²) in [5, 5.41) is 5.42. The molecule has 5 nitrogen and oxygen atoms in total. The summed E-state index contributed by atoms with van der Waals surface area (Å²) in [7, 11) is 0. The maximum Gasteiger partial charge on any atom is 0.240 e. The minimum atomic E-state index is -0.269. The first-order chi connectivity index (χ1) is 14.1. The van der Waals surface area contributed by atoms with Gasteiger partial charge in [0, 0.05) is 24.0 Å². The number of nitrogens with one attached hydrogen (secondary N) is 1. The van der Waals surface area contributed by atoms with Gasteiger partial charge in [0.25, 0.3) is 0 Å². The number of carbonyl (C=O) groups is 1. The zero-order valence-corrected chi connectivity index (χ0v) is 16.9. The van der Waals surface area contributed by atoms with Gasteiger partial charge < -0.3 is 10.1 Å². The molecule has 0 spiro atoms. The molecule has 1 aliphatic rings. The number of nitrogens with zero attached hydrogens (tertiary/aromatic N) is 2. The Balaban J connectivity index is 1.33. The predicted octanol–water partition coefficient (Wildman–Crippen LogP) is 4.27. The van der Waals surface area contributed by atoms with Crippen molar-refractivity contribution in [1.29, 1.82) is 0 Å². The number of hydrogen-bond donors (Lipinski definition) is 1. The molecule has 1 amide bonds. The van der Waals surface area contributed by atoms with E-state index >= 15 is 0 Å². The zero-order valence-electron chi connectivity index (χ0n) is 16.1. The van der Waals surface area contributed by atoms with E-state index in [2.05, 4.69) is 10.3 Å². The van der Waals surface area contributed by atoms with Crippen molar-refractivity contribution in [2.75, 3.05) is 31.6 Å². The smallest absolute Gasteiger partial charge is 0.240 e. The molecule has 0 aliphatic carbocycles. The highest BCUT2D eigenvalue weighted by molar-refractivity contribution is 7.14. The van der Waals surface area contributed by atoms with Crippen molar-refractivity contribution in [2.45, 2.75) is 13.0 Å². The van der Waals surface area contributed by atoms with Crippen LogP contribution in [0.3, 0.4) is 0 Å². The number of anilines is 1. The quantitative estimate of drug-likeness (QED) is 0.681. The van der Waals surface area contributed by atoms with Crippen LogP contribution in [0.15, 0.2) is 53.9 Å². The van der Waals surface area contributed by atoms with Crippen LogP contribution in [-0.2, 0) is 9.53 Å². The van der Waals surface area contributed by atoms with Gasteiger partial charge in [0.05, 0.1) is 24.9 Å². The van der Waals surface area contributed by atoms with Gasteiger partial charge in [-0.3, -0.25) is 9.69 Å². The summed E-state index contributed by atoms with van der Waals surface area (Å²) in [6.07, 6.45) is -0.162. The number of morpholine rings is 1. The molecule has 0 radical (unpaired) electrons. The summed E-state index contributed by atoms with van der Waals surface area (Å²) in [5.41, 5.74) is 4.00. The van der Waals surface area contributed by atoms with E-state index in [1.807, 2.05) is 41.5 Å². The molecule has 2 aromatic carbocycles. The number of halogens is 1. The Hall–Kier alpha value is -2.61. The lowest BCUT2D eigenvalue weighted by molar-refractivity contribution is -0.119. The molecule has 0 bridgehead atoms. The van der Waals surface area contributed by atoms with Gasteiger partial charge in [-0.05, 0) is 24.6 Å². The molecule has 1 N–H and O–H groups in total. The van der Waals surface area contributed by atoms with Crippen LogP contribution >= 0.6 is 11.3 Å². The average Bonchev–Trinajstić information content (AvgIpc) is 3.17. The lowest BCUT2D eigenvalue weighted by atomic mass is 10.1. The predicted molar refractivity (Wildman–Crippen MR) is 112 cm³/mol. The minimum Gasteiger partial charge on any atom is -0.371 e. The van der Waals surface area contributed by atoms with Crippen molar-refractivity contribution in [3.63, 3.8) is 0 Å². The molecule has 4 rings (SSSR count). The molecule has 29 heavy (non-hydrogen) atoms. The van der Waals surface area contributed by atoms with Crippen molar-refractivity contribution in [3.8, 4) is 11.3 Å².